The molecule has 0 radical (unpaired) electrons. The van der Waals surface area contributed by atoms with Gasteiger partial charge in [-0.15, -0.1) is 5.10 Å². The number of anilines is 2. The fourth-order valence-electron chi connectivity index (χ4n) is 0.530. The standard InChI is InChI=1S/C2H3N7O4.H4N2/c10-8(11)6-1-3-2(5-4-1)7-9(12)13;1-2/h(H3,3,4,5,6,7);1-2H2. The average molecular weight is 221 g/mol. The first kappa shape index (κ1) is 12.5. The van der Waals surface area contributed by atoms with Crippen molar-refractivity contribution in [1.82, 2.24) is 15.2 Å². The Morgan fingerprint density at radius 3 is 2.20 bits per heavy atom. The highest BCUT2D eigenvalue weighted by molar-refractivity contribution is 5.29. The molecular formula is C2H7N9O4. The van der Waals surface area contributed by atoms with Crippen molar-refractivity contribution in [3.8, 4) is 0 Å². The number of hydrogen-bond acceptors (Lipinski definition) is 8. The van der Waals surface area contributed by atoms with Crippen LogP contribution in [0.4, 0.5) is 11.9 Å². The van der Waals surface area contributed by atoms with Crippen LogP contribution in [0.15, 0.2) is 0 Å². The SMILES string of the molecule is NN.O=[N+]([O-])Nc1n[nH]c(N[N+](=O)[O-])n1. The van der Waals surface area contributed by atoms with Crippen LogP contribution in [0, 0.1) is 20.2 Å². The summed E-state index contributed by atoms with van der Waals surface area (Å²) in [5, 5.41) is 23.2. The Bertz CT molecular complexity index is 302. The predicted molar refractivity (Wildman–Crippen MR) is 46.0 cm³/mol. The quantitative estimate of drug-likeness (QED) is 0.211. The Kier molecular flexibility index (Phi) is 4.98. The highest BCUT2D eigenvalue weighted by Gasteiger charge is 2.09. The zero-order chi connectivity index (χ0) is 11.8. The van der Waals surface area contributed by atoms with Gasteiger partial charge in [0.05, 0.1) is 0 Å². The number of nitrogens with two attached hydrogens (primary N) is 2. The van der Waals surface area contributed by atoms with Crippen LogP contribution >= 0.6 is 0 Å². The van der Waals surface area contributed by atoms with Crippen LogP contribution in [-0.4, -0.2) is 25.2 Å². The fraction of sp³-hybridized carbons (Fsp3) is 0. The first-order valence-corrected chi connectivity index (χ1v) is 3.16. The Hall–Kier alpha value is -2.54. The third-order valence-electron chi connectivity index (χ3n) is 0.874. The van der Waals surface area contributed by atoms with E-state index in [1.165, 1.54) is 0 Å². The average Bonchev–Trinajstić information content (AvgIpc) is 2.54. The van der Waals surface area contributed by atoms with Gasteiger partial charge in [0, 0.05) is 0 Å². The van der Waals surface area contributed by atoms with Gasteiger partial charge in [0.25, 0.3) is 5.95 Å². The minimum Gasteiger partial charge on any atom is -0.274 e. The molecule has 7 N–H and O–H groups in total. The van der Waals surface area contributed by atoms with Gasteiger partial charge in [-0.25, -0.2) is 25.3 Å². The van der Waals surface area contributed by atoms with Crippen LogP contribution in [-0.2, 0) is 0 Å². The van der Waals surface area contributed by atoms with Crippen molar-refractivity contribution in [2.24, 2.45) is 11.7 Å². The van der Waals surface area contributed by atoms with Crippen molar-refractivity contribution < 1.29 is 10.1 Å². The summed E-state index contributed by atoms with van der Waals surface area (Å²) in [6, 6.07) is 0. The third-order valence-corrected chi connectivity index (χ3v) is 0.874. The molecule has 84 valence electrons. The van der Waals surface area contributed by atoms with E-state index in [0.717, 1.165) is 0 Å². The van der Waals surface area contributed by atoms with Crippen molar-refractivity contribution in [2.75, 3.05) is 10.9 Å². The van der Waals surface area contributed by atoms with E-state index in [-0.39, 0.29) is 11.9 Å². The van der Waals surface area contributed by atoms with E-state index in [0.29, 0.717) is 0 Å². The lowest BCUT2D eigenvalue weighted by Crippen LogP contribution is -2.10. The molecule has 1 aromatic heterocycles. The Morgan fingerprint density at radius 2 is 1.73 bits per heavy atom. The topological polar surface area (TPSA) is 204 Å². The number of H-pyrrole nitrogens is 1. The molecule has 1 aromatic rings. The number of hydrogen-bond donors (Lipinski definition) is 5. The second-order valence-corrected chi connectivity index (χ2v) is 1.75. The maximum Gasteiger partial charge on any atom is 0.305 e. The van der Waals surface area contributed by atoms with Crippen LogP contribution < -0.4 is 22.5 Å². The summed E-state index contributed by atoms with van der Waals surface area (Å²) < 4.78 is 0. The van der Waals surface area contributed by atoms with Gasteiger partial charge >= 0.3 is 5.95 Å². The van der Waals surface area contributed by atoms with Crippen molar-refractivity contribution in [2.45, 2.75) is 0 Å². The molecule has 0 unspecified atom stereocenters. The maximum absolute atomic E-state index is 9.85. The molecule has 15 heavy (non-hydrogen) atoms. The van der Waals surface area contributed by atoms with Crippen molar-refractivity contribution >= 4 is 11.9 Å². The van der Waals surface area contributed by atoms with Gasteiger partial charge in [0.1, 0.15) is 0 Å². The molecule has 0 bridgehead atoms. The zero-order valence-electron chi connectivity index (χ0n) is 7.08. The van der Waals surface area contributed by atoms with Crippen molar-refractivity contribution in [3.63, 3.8) is 0 Å². The van der Waals surface area contributed by atoms with Gasteiger partial charge in [-0.05, 0) is 0 Å². The lowest BCUT2D eigenvalue weighted by Gasteiger charge is -1.87. The summed E-state index contributed by atoms with van der Waals surface area (Å²) in [7, 11) is 0. The van der Waals surface area contributed by atoms with E-state index in [1.807, 2.05) is 0 Å². The molecule has 0 spiro atoms. The van der Waals surface area contributed by atoms with Crippen LogP contribution in [0.1, 0.15) is 0 Å². The molecule has 0 saturated carbocycles. The molecule has 1 heterocycles. The summed E-state index contributed by atoms with van der Waals surface area (Å²) in [5.41, 5.74) is 3.23. The van der Waals surface area contributed by atoms with Crippen LogP contribution in [0.5, 0.6) is 0 Å². The Labute approximate surface area is 81.1 Å². The minimum atomic E-state index is -0.890. The number of aromatic nitrogens is 3. The van der Waals surface area contributed by atoms with E-state index < -0.39 is 10.1 Å². The third kappa shape index (κ3) is 4.90. The normalized spacial score (nSPS) is 8.40. The molecule has 0 aliphatic heterocycles. The summed E-state index contributed by atoms with van der Waals surface area (Å²) in [5.74, 6) is 7.34. The molecule has 13 heteroatoms. The van der Waals surface area contributed by atoms with Gasteiger partial charge in [0.2, 0.25) is 0 Å². The van der Waals surface area contributed by atoms with Crippen molar-refractivity contribution in [1.29, 1.82) is 0 Å². The van der Waals surface area contributed by atoms with E-state index in [9.17, 15) is 20.2 Å². The van der Waals surface area contributed by atoms with Gasteiger partial charge in [0.15, 0.2) is 10.1 Å². The number of nitro groups is 2. The Morgan fingerprint density at radius 1 is 1.20 bits per heavy atom. The molecule has 0 fully saturated rings. The monoisotopic (exact) mass is 221 g/mol. The van der Waals surface area contributed by atoms with E-state index >= 15 is 0 Å². The van der Waals surface area contributed by atoms with Crippen LogP contribution in [0.25, 0.3) is 0 Å². The van der Waals surface area contributed by atoms with Crippen molar-refractivity contribution in [3.05, 3.63) is 20.2 Å². The summed E-state index contributed by atoms with van der Waals surface area (Å²) >= 11 is 0. The molecule has 13 nitrogen and oxygen atoms in total. The second-order valence-electron chi connectivity index (χ2n) is 1.75. The maximum atomic E-state index is 9.85. The summed E-state index contributed by atoms with van der Waals surface area (Å²) in [4.78, 5) is 23.0. The zero-order valence-corrected chi connectivity index (χ0v) is 7.08. The molecule has 0 aromatic carbocycles. The van der Waals surface area contributed by atoms with Gasteiger partial charge in [-0.2, -0.15) is 4.98 Å². The lowest BCUT2D eigenvalue weighted by molar-refractivity contribution is -0.446. The van der Waals surface area contributed by atoms with Gasteiger partial charge < -0.3 is 0 Å². The van der Waals surface area contributed by atoms with Gasteiger partial charge in [-0.1, -0.05) is 10.9 Å². The first-order chi connectivity index (χ1) is 7.08. The molecule has 0 atom stereocenters. The second kappa shape index (κ2) is 6.00. The molecule has 1 rings (SSSR count). The summed E-state index contributed by atoms with van der Waals surface area (Å²) in [6.45, 7) is 0. The lowest BCUT2D eigenvalue weighted by atomic mass is 11.0. The number of rotatable bonds is 4. The molecule has 0 aliphatic rings. The van der Waals surface area contributed by atoms with E-state index in [4.69, 9.17) is 0 Å². The minimum absolute atomic E-state index is 0.297. The highest BCUT2D eigenvalue weighted by Crippen LogP contribution is 2.01. The number of nitrogens with one attached hydrogen (secondary N) is 3. The predicted octanol–water partition coefficient (Wildman–Crippen LogP) is -2.17. The fourth-order valence-corrected chi connectivity index (χ4v) is 0.530. The number of hydrazine groups is 3. The highest BCUT2D eigenvalue weighted by atomic mass is 16.7. The van der Waals surface area contributed by atoms with E-state index in [1.54, 1.807) is 10.9 Å². The first-order valence-electron chi connectivity index (χ1n) is 3.16. The molecule has 0 saturated heterocycles. The van der Waals surface area contributed by atoms with Crippen LogP contribution in [0.2, 0.25) is 0 Å². The van der Waals surface area contributed by atoms with Crippen LogP contribution in [0.3, 0.4) is 0 Å². The number of aromatic amines is 1. The smallest absolute Gasteiger partial charge is 0.274 e. The number of nitrogens with zero attached hydrogens (tertiary/aromatic N) is 4. The molecule has 0 amide bonds. The summed E-state index contributed by atoms with van der Waals surface area (Å²) in [6.07, 6.45) is 0. The van der Waals surface area contributed by atoms with Gasteiger partial charge in [-0.3, -0.25) is 11.7 Å². The largest absolute Gasteiger partial charge is 0.305 e. The Balaban J connectivity index is 0.000000921. The van der Waals surface area contributed by atoms with E-state index in [2.05, 4.69) is 26.9 Å². The molecular weight excluding hydrogens is 214 g/mol. The molecule has 0 aliphatic carbocycles.